The minimum absolute atomic E-state index is 0.135. The van der Waals surface area contributed by atoms with Gasteiger partial charge in [-0.2, -0.15) is 0 Å². The zero-order chi connectivity index (χ0) is 19.2. The Hall–Kier alpha value is -3.04. The van der Waals surface area contributed by atoms with Gasteiger partial charge in [0, 0.05) is 25.5 Å². The quantitative estimate of drug-likeness (QED) is 0.808. The number of benzene rings is 1. The zero-order valence-electron chi connectivity index (χ0n) is 14.6. The van der Waals surface area contributed by atoms with Gasteiger partial charge in [-0.05, 0) is 30.2 Å². The molecule has 1 aliphatic rings. The molecule has 1 aromatic heterocycles. The molecule has 138 valence electrons. The summed E-state index contributed by atoms with van der Waals surface area (Å²) in [5, 5.41) is 3.29. The molecule has 0 unspecified atom stereocenters. The number of carbonyl (C=O) groups is 2. The normalized spacial score (nSPS) is 16.1. The fraction of sp³-hybridized carbons (Fsp3) is 0.250. The molecule has 7 heteroatoms. The molecule has 2 heterocycles. The van der Waals surface area contributed by atoms with Crippen LogP contribution < -0.4 is 10.2 Å². The Kier molecular flexibility index (Phi) is 5.94. The number of rotatable bonds is 5. The first-order valence-corrected chi connectivity index (χ1v) is 8.91. The van der Waals surface area contributed by atoms with Gasteiger partial charge in [-0.3, -0.25) is 9.78 Å². The maximum absolute atomic E-state index is 12.7. The minimum Gasteiger partial charge on any atom is -0.326 e. The topological polar surface area (TPSA) is 65.5 Å². The Bertz CT molecular complexity index is 866. The van der Waals surface area contributed by atoms with E-state index < -0.39 is 6.04 Å². The fourth-order valence-electron chi connectivity index (χ4n) is 2.99. The monoisotopic (exact) mass is 382 g/mol. The second-order valence-corrected chi connectivity index (χ2v) is 6.56. The highest BCUT2D eigenvalue weighted by molar-refractivity contribution is 6.34. The van der Waals surface area contributed by atoms with E-state index in [2.05, 4.69) is 16.2 Å². The van der Waals surface area contributed by atoms with Crippen molar-refractivity contribution in [3.05, 3.63) is 59.4 Å². The second kappa shape index (κ2) is 8.56. The number of carbonyl (C=O) groups excluding carboxylic acids is 2. The molecule has 1 atom stereocenters. The number of urea groups is 1. The summed E-state index contributed by atoms with van der Waals surface area (Å²) in [5.74, 6) is 2.30. The predicted molar refractivity (Wildman–Crippen MR) is 104 cm³/mol. The van der Waals surface area contributed by atoms with Crippen molar-refractivity contribution >= 4 is 29.2 Å². The number of para-hydroxylation sites is 1. The van der Waals surface area contributed by atoms with E-state index in [0.717, 1.165) is 5.56 Å². The van der Waals surface area contributed by atoms with Crippen LogP contribution in [0.2, 0.25) is 5.02 Å². The summed E-state index contributed by atoms with van der Waals surface area (Å²) in [6.45, 7) is 0.945. The highest BCUT2D eigenvalue weighted by atomic mass is 35.5. The Balaban J connectivity index is 1.67. The van der Waals surface area contributed by atoms with E-state index >= 15 is 0 Å². The number of pyridine rings is 1. The van der Waals surface area contributed by atoms with Crippen molar-refractivity contribution in [1.29, 1.82) is 0 Å². The maximum atomic E-state index is 12.7. The number of amides is 3. The van der Waals surface area contributed by atoms with Gasteiger partial charge in [0.05, 0.1) is 17.3 Å². The molecule has 0 aliphatic carbocycles. The summed E-state index contributed by atoms with van der Waals surface area (Å²) >= 11 is 6.19. The number of hydrogen-bond acceptors (Lipinski definition) is 3. The van der Waals surface area contributed by atoms with Gasteiger partial charge in [0.15, 0.2) is 0 Å². The molecule has 0 bridgehead atoms. The molecular weight excluding hydrogens is 364 g/mol. The zero-order valence-corrected chi connectivity index (χ0v) is 15.4. The number of halogens is 1. The molecule has 1 saturated heterocycles. The molecule has 0 spiro atoms. The SMILES string of the molecule is C#CCN(Cc1cccnc1)C(=O)N[C@H]1CCN(c2ccccc2Cl)C1=O. The van der Waals surface area contributed by atoms with Gasteiger partial charge in [-0.25, -0.2) is 4.79 Å². The first-order chi connectivity index (χ1) is 13.1. The molecule has 0 saturated carbocycles. The number of terminal acetylenes is 1. The van der Waals surface area contributed by atoms with Crippen LogP contribution in [0, 0.1) is 12.3 Å². The smallest absolute Gasteiger partial charge is 0.319 e. The fourth-order valence-corrected chi connectivity index (χ4v) is 3.22. The molecule has 3 rings (SSSR count). The van der Waals surface area contributed by atoms with Crippen LogP contribution in [-0.4, -0.2) is 41.0 Å². The summed E-state index contributed by atoms with van der Waals surface area (Å²) in [4.78, 5) is 32.5. The van der Waals surface area contributed by atoms with Crippen molar-refractivity contribution in [2.75, 3.05) is 18.0 Å². The molecule has 1 aromatic carbocycles. The van der Waals surface area contributed by atoms with Crippen molar-refractivity contribution in [2.45, 2.75) is 19.0 Å². The van der Waals surface area contributed by atoms with E-state index in [9.17, 15) is 9.59 Å². The van der Waals surface area contributed by atoms with Crippen LogP contribution in [0.25, 0.3) is 0 Å². The average Bonchev–Trinajstić information content (AvgIpc) is 3.03. The molecule has 3 amide bonds. The van der Waals surface area contributed by atoms with Crippen molar-refractivity contribution in [3.63, 3.8) is 0 Å². The summed E-state index contributed by atoms with van der Waals surface area (Å²) in [6, 6.07) is 9.83. The van der Waals surface area contributed by atoms with E-state index in [0.29, 0.717) is 30.2 Å². The third-order valence-corrected chi connectivity index (χ3v) is 4.63. The average molecular weight is 383 g/mol. The van der Waals surface area contributed by atoms with Crippen LogP contribution in [0.5, 0.6) is 0 Å². The highest BCUT2D eigenvalue weighted by Gasteiger charge is 2.35. The van der Waals surface area contributed by atoms with E-state index in [4.69, 9.17) is 18.0 Å². The van der Waals surface area contributed by atoms with Gasteiger partial charge in [-0.1, -0.05) is 35.7 Å². The molecular formula is C20H19ClN4O2. The molecule has 1 N–H and O–H groups in total. The molecule has 0 radical (unpaired) electrons. The van der Waals surface area contributed by atoms with Gasteiger partial charge < -0.3 is 15.1 Å². The Morgan fingerprint density at radius 2 is 2.19 bits per heavy atom. The predicted octanol–water partition coefficient (Wildman–Crippen LogP) is 2.69. The molecule has 27 heavy (non-hydrogen) atoms. The lowest BCUT2D eigenvalue weighted by molar-refractivity contribution is -0.118. The summed E-state index contributed by atoms with van der Waals surface area (Å²) in [7, 11) is 0. The van der Waals surface area contributed by atoms with Gasteiger partial charge >= 0.3 is 6.03 Å². The van der Waals surface area contributed by atoms with E-state index in [1.54, 1.807) is 35.5 Å². The number of anilines is 1. The van der Waals surface area contributed by atoms with Gasteiger partial charge in [0.1, 0.15) is 6.04 Å². The van der Waals surface area contributed by atoms with Crippen molar-refractivity contribution in [1.82, 2.24) is 15.2 Å². The highest BCUT2D eigenvalue weighted by Crippen LogP contribution is 2.29. The number of nitrogens with zero attached hydrogens (tertiary/aromatic N) is 3. The van der Waals surface area contributed by atoms with E-state index in [1.807, 2.05) is 18.2 Å². The maximum Gasteiger partial charge on any atom is 0.319 e. The Morgan fingerprint density at radius 1 is 1.37 bits per heavy atom. The summed E-state index contributed by atoms with van der Waals surface area (Å²) in [5.41, 5.74) is 1.51. The first-order valence-electron chi connectivity index (χ1n) is 8.54. The molecule has 1 fully saturated rings. The Labute approximate surface area is 163 Å². The van der Waals surface area contributed by atoms with Crippen LogP contribution in [0.15, 0.2) is 48.8 Å². The van der Waals surface area contributed by atoms with Crippen LogP contribution in [0.1, 0.15) is 12.0 Å². The lowest BCUT2D eigenvalue weighted by Gasteiger charge is -2.23. The standard InChI is InChI=1S/C20H19ClN4O2/c1-2-11-24(14-15-6-5-10-22-13-15)20(27)23-17-9-12-25(19(17)26)18-8-4-3-7-16(18)21/h1,3-8,10,13,17H,9,11-12,14H2,(H,23,27)/t17-/m0/s1. The van der Waals surface area contributed by atoms with Crippen molar-refractivity contribution < 1.29 is 9.59 Å². The third kappa shape index (κ3) is 4.39. The first kappa shape index (κ1) is 18.7. The number of aromatic nitrogens is 1. The molecule has 1 aliphatic heterocycles. The Morgan fingerprint density at radius 3 is 2.89 bits per heavy atom. The van der Waals surface area contributed by atoms with Crippen LogP contribution in [0.3, 0.4) is 0 Å². The number of nitrogens with one attached hydrogen (secondary N) is 1. The lowest BCUT2D eigenvalue weighted by Crippen LogP contribution is -2.47. The van der Waals surface area contributed by atoms with Gasteiger partial charge in [-0.15, -0.1) is 6.42 Å². The van der Waals surface area contributed by atoms with E-state index in [1.165, 1.54) is 4.90 Å². The summed E-state index contributed by atoms with van der Waals surface area (Å²) in [6.07, 6.45) is 9.24. The third-order valence-electron chi connectivity index (χ3n) is 4.31. The number of hydrogen-bond donors (Lipinski definition) is 1. The van der Waals surface area contributed by atoms with Gasteiger partial charge in [0.25, 0.3) is 0 Å². The molecule has 2 aromatic rings. The van der Waals surface area contributed by atoms with Crippen LogP contribution in [-0.2, 0) is 11.3 Å². The van der Waals surface area contributed by atoms with Crippen molar-refractivity contribution in [3.8, 4) is 12.3 Å². The van der Waals surface area contributed by atoms with E-state index in [-0.39, 0.29) is 18.5 Å². The lowest BCUT2D eigenvalue weighted by atomic mass is 10.2. The van der Waals surface area contributed by atoms with Crippen molar-refractivity contribution in [2.24, 2.45) is 0 Å². The van der Waals surface area contributed by atoms with Crippen LogP contribution >= 0.6 is 11.6 Å². The van der Waals surface area contributed by atoms with Crippen LogP contribution in [0.4, 0.5) is 10.5 Å². The molecule has 6 nitrogen and oxygen atoms in total. The minimum atomic E-state index is -0.608. The summed E-state index contributed by atoms with van der Waals surface area (Å²) < 4.78 is 0. The second-order valence-electron chi connectivity index (χ2n) is 6.15. The van der Waals surface area contributed by atoms with Gasteiger partial charge in [0.2, 0.25) is 5.91 Å². The largest absolute Gasteiger partial charge is 0.326 e.